The molecule has 1 aromatic rings. The average Bonchev–Trinajstić information content (AvgIpc) is 2.58. The number of morpholine rings is 1. The standard InChI is InChI=1S/C14H22N4O4S/c19-23(20,18-7-9-21-10-8-18)17-12-1-3-13(4-2-12)22-14-11-15-5-6-16-14/h5-6,11-13,17H,1-4,7-10H2. The molecule has 0 radical (unpaired) electrons. The maximum Gasteiger partial charge on any atom is 0.279 e. The van der Waals surface area contributed by atoms with Crippen LogP contribution in [0.4, 0.5) is 0 Å². The molecule has 1 aliphatic carbocycles. The van der Waals surface area contributed by atoms with Crippen molar-refractivity contribution in [2.24, 2.45) is 0 Å². The van der Waals surface area contributed by atoms with Crippen molar-refractivity contribution in [3.05, 3.63) is 18.6 Å². The molecule has 128 valence electrons. The third kappa shape index (κ3) is 4.60. The van der Waals surface area contributed by atoms with Gasteiger partial charge in [0.1, 0.15) is 6.10 Å². The SMILES string of the molecule is O=S(=O)(NC1CCC(Oc2cnccn2)CC1)N1CCOCC1. The van der Waals surface area contributed by atoms with Crippen molar-refractivity contribution in [1.29, 1.82) is 0 Å². The van der Waals surface area contributed by atoms with Crippen LogP contribution in [0, 0.1) is 0 Å². The highest BCUT2D eigenvalue weighted by Gasteiger charge is 2.30. The van der Waals surface area contributed by atoms with Gasteiger partial charge in [-0.15, -0.1) is 0 Å². The van der Waals surface area contributed by atoms with Gasteiger partial charge in [0.05, 0.1) is 19.4 Å². The number of ether oxygens (including phenoxy) is 2. The molecule has 1 aromatic heterocycles. The van der Waals surface area contributed by atoms with Crippen LogP contribution in [0.15, 0.2) is 18.6 Å². The summed E-state index contributed by atoms with van der Waals surface area (Å²) in [4.78, 5) is 8.07. The summed E-state index contributed by atoms with van der Waals surface area (Å²) >= 11 is 0. The van der Waals surface area contributed by atoms with Gasteiger partial charge >= 0.3 is 0 Å². The molecule has 2 aliphatic rings. The van der Waals surface area contributed by atoms with Gasteiger partial charge in [-0.1, -0.05) is 0 Å². The maximum absolute atomic E-state index is 12.3. The molecule has 1 saturated carbocycles. The molecule has 3 rings (SSSR count). The van der Waals surface area contributed by atoms with Gasteiger partial charge in [-0.3, -0.25) is 4.98 Å². The van der Waals surface area contributed by atoms with Crippen molar-refractivity contribution in [2.75, 3.05) is 26.3 Å². The molecule has 23 heavy (non-hydrogen) atoms. The fourth-order valence-corrected chi connectivity index (χ4v) is 4.32. The van der Waals surface area contributed by atoms with E-state index < -0.39 is 10.2 Å². The summed E-state index contributed by atoms with van der Waals surface area (Å²) in [5.74, 6) is 0.518. The first-order valence-corrected chi connectivity index (χ1v) is 9.35. The Hall–Kier alpha value is -1.29. The van der Waals surface area contributed by atoms with Gasteiger partial charge in [-0.05, 0) is 25.7 Å². The predicted molar refractivity (Wildman–Crippen MR) is 83.2 cm³/mol. The monoisotopic (exact) mass is 342 g/mol. The molecule has 1 aliphatic heterocycles. The molecule has 2 heterocycles. The molecule has 2 fully saturated rings. The first-order valence-electron chi connectivity index (χ1n) is 7.91. The summed E-state index contributed by atoms with van der Waals surface area (Å²) in [6.07, 6.45) is 7.97. The van der Waals surface area contributed by atoms with Gasteiger partial charge in [0, 0.05) is 31.5 Å². The molecule has 1 saturated heterocycles. The zero-order valence-electron chi connectivity index (χ0n) is 12.9. The van der Waals surface area contributed by atoms with Crippen LogP contribution in [0.5, 0.6) is 5.88 Å². The zero-order valence-corrected chi connectivity index (χ0v) is 13.7. The fraction of sp³-hybridized carbons (Fsp3) is 0.714. The Morgan fingerprint density at radius 1 is 1.17 bits per heavy atom. The normalized spacial score (nSPS) is 26.8. The molecule has 0 unspecified atom stereocenters. The van der Waals surface area contributed by atoms with E-state index in [-0.39, 0.29) is 12.1 Å². The van der Waals surface area contributed by atoms with Crippen molar-refractivity contribution < 1.29 is 17.9 Å². The van der Waals surface area contributed by atoms with Gasteiger partial charge in [0.2, 0.25) is 5.88 Å². The quantitative estimate of drug-likeness (QED) is 0.829. The molecule has 0 spiro atoms. The summed E-state index contributed by atoms with van der Waals surface area (Å²) in [6, 6.07) is -0.0375. The summed E-state index contributed by atoms with van der Waals surface area (Å²) < 4.78 is 39.9. The Labute approximate surface area is 136 Å². The number of aromatic nitrogens is 2. The smallest absolute Gasteiger partial charge is 0.279 e. The van der Waals surface area contributed by atoms with E-state index >= 15 is 0 Å². The lowest BCUT2D eigenvalue weighted by molar-refractivity contribution is 0.0719. The van der Waals surface area contributed by atoms with Gasteiger partial charge in [0.25, 0.3) is 10.2 Å². The molecular formula is C14H22N4O4S. The van der Waals surface area contributed by atoms with E-state index in [1.54, 1.807) is 18.6 Å². The van der Waals surface area contributed by atoms with Crippen LogP contribution < -0.4 is 9.46 Å². The van der Waals surface area contributed by atoms with Crippen molar-refractivity contribution >= 4 is 10.2 Å². The van der Waals surface area contributed by atoms with Crippen LogP contribution in [0.3, 0.4) is 0 Å². The highest BCUT2D eigenvalue weighted by molar-refractivity contribution is 7.87. The Morgan fingerprint density at radius 3 is 2.57 bits per heavy atom. The first kappa shape index (κ1) is 16.6. The zero-order chi connectivity index (χ0) is 16.1. The lowest BCUT2D eigenvalue weighted by Crippen LogP contribution is -2.50. The van der Waals surface area contributed by atoms with Crippen LogP contribution in [0.1, 0.15) is 25.7 Å². The van der Waals surface area contributed by atoms with Gasteiger partial charge in [-0.2, -0.15) is 17.4 Å². The lowest BCUT2D eigenvalue weighted by Gasteiger charge is -2.32. The maximum atomic E-state index is 12.3. The van der Waals surface area contributed by atoms with E-state index in [1.165, 1.54) is 4.31 Å². The van der Waals surface area contributed by atoms with Crippen molar-refractivity contribution in [3.8, 4) is 5.88 Å². The molecule has 0 atom stereocenters. The molecule has 0 amide bonds. The minimum Gasteiger partial charge on any atom is -0.473 e. The van der Waals surface area contributed by atoms with Crippen LogP contribution in [-0.4, -0.2) is 61.1 Å². The number of rotatable bonds is 5. The van der Waals surface area contributed by atoms with Crippen LogP contribution in [0.2, 0.25) is 0 Å². The molecule has 8 nitrogen and oxygen atoms in total. The van der Waals surface area contributed by atoms with Crippen molar-refractivity contribution in [2.45, 2.75) is 37.8 Å². The molecule has 1 N–H and O–H groups in total. The van der Waals surface area contributed by atoms with E-state index in [0.717, 1.165) is 25.7 Å². The number of hydrogen-bond acceptors (Lipinski definition) is 6. The van der Waals surface area contributed by atoms with Gasteiger partial charge in [0.15, 0.2) is 0 Å². The second-order valence-corrected chi connectivity index (χ2v) is 7.47. The number of nitrogens with zero attached hydrogens (tertiary/aromatic N) is 3. The second-order valence-electron chi connectivity index (χ2n) is 5.77. The minimum atomic E-state index is -3.42. The summed E-state index contributed by atoms with van der Waals surface area (Å²) in [5, 5.41) is 0. The largest absolute Gasteiger partial charge is 0.473 e. The summed E-state index contributed by atoms with van der Waals surface area (Å²) in [7, 11) is -3.42. The van der Waals surface area contributed by atoms with Gasteiger partial charge in [-0.25, -0.2) is 4.98 Å². The Morgan fingerprint density at radius 2 is 1.91 bits per heavy atom. The lowest BCUT2D eigenvalue weighted by atomic mass is 9.94. The Kier molecular flexibility index (Phi) is 5.42. The van der Waals surface area contributed by atoms with E-state index in [0.29, 0.717) is 32.2 Å². The Balaban J connectivity index is 1.47. The van der Waals surface area contributed by atoms with Gasteiger partial charge < -0.3 is 9.47 Å². The van der Waals surface area contributed by atoms with E-state index in [1.807, 2.05) is 0 Å². The first-order chi connectivity index (χ1) is 11.1. The van der Waals surface area contributed by atoms with Crippen molar-refractivity contribution in [1.82, 2.24) is 19.0 Å². The molecule has 0 bridgehead atoms. The summed E-state index contributed by atoms with van der Waals surface area (Å²) in [6.45, 7) is 1.75. The minimum absolute atomic E-state index is 0.0375. The second kappa shape index (κ2) is 7.52. The van der Waals surface area contributed by atoms with Crippen molar-refractivity contribution in [3.63, 3.8) is 0 Å². The molecule has 0 aromatic carbocycles. The Bertz CT molecular complexity index is 584. The predicted octanol–water partition coefficient (Wildman–Crippen LogP) is 0.333. The fourth-order valence-electron chi connectivity index (χ4n) is 2.89. The highest BCUT2D eigenvalue weighted by Crippen LogP contribution is 2.23. The third-order valence-electron chi connectivity index (χ3n) is 4.13. The number of nitrogens with one attached hydrogen (secondary N) is 1. The number of hydrogen-bond donors (Lipinski definition) is 1. The van der Waals surface area contributed by atoms with E-state index in [9.17, 15) is 8.42 Å². The van der Waals surface area contributed by atoms with Crippen LogP contribution in [0.25, 0.3) is 0 Å². The third-order valence-corrected chi connectivity index (χ3v) is 5.80. The van der Waals surface area contributed by atoms with Crippen LogP contribution in [-0.2, 0) is 14.9 Å². The highest BCUT2D eigenvalue weighted by atomic mass is 32.2. The molecular weight excluding hydrogens is 320 g/mol. The molecule has 9 heteroatoms. The average molecular weight is 342 g/mol. The topological polar surface area (TPSA) is 93.7 Å². The van der Waals surface area contributed by atoms with E-state index in [2.05, 4.69) is 14.7 Å². The van der Waals surface area contributed by atoms with E-state index in [4.69, 9.17) is 9.47 Å². The van der Waals surface area contributed by atoms with Crippen LogP contribution >= 0.6 is 0 Å². The summed E-state index contributed by atoms with van der Waals surface area (Å²) in [5.41, 5.74) is 0.